The van der Waals surface area contributed by atoms with Crippen molar-refractivity contribution in [1.82, 2.24) is 10.3 Å². The smallest absolute Gasteiger partial charge is 0.0716 e. The van der Waals surface area contributed by atoms with Crippen molar-refractivity contribution in [3.05, 3.63) is 30.0 Å². The van der Waals surface area contributed by atoms with Crippen LogP contribution in [0, 0.1) is 6.92 Å². The van der Waals surface area contributed by atoms with E-state index < -0.39 is 0 Å². The zero-order chi connectivity index (χ0) is 13.1. The summed E-state index contributed by atoms with van der Waals surface area (Å²) in [5, 5.41) is 8.17. The Balaban J connectivity index is 1.63. The number of nitrogens with one attached hydrogen (secondary N) is 3. The average Bonchev–Trinajstić information content (AvgIpc) is 2.76. The Bertz CT molecular complexity index is 543. The van der Waals surface area contributed by atoms with Crippen LogP contribution in [0.1, 0.15) is 12.1 Å². The molecular formula is C15H21N3O. The highest BCUT2D eigenvalue weighted by molar-refractivity contribution is 5.94. The van der Waals surface area contributed by atoms with E-state index in [9.17, 15) is 0 Å². The number of benzene rings is 1. The van der Waals surface area contributed by atoms with Crippen molar-refractivity contribution in [3.8, 4) is 0 Å². The first kappa shape index (κ1) is 12.5. The Morgan fingerprint density at radius 1 is 1.37 bits per heavy atom. The Labute approximate surface area is 113 Å². The summed E-state index contributed by atoms with van der Waals surface area (Å²) in [7, 11) is 0. The van der Waals surface area contributed by atoms with Crippen molar-refractivity contribution in [2.45, 2.75) is 19.4 Å². The van der Waals surface area contributed by atoms with Crippen LogP contribution in [0.25, 0.3) is 10.9 Å². The first-order chi connectivity index (χ1) is 9.34. The fourth-order valence-electron chi connectivity index (χ4n) is 2.67. The van der Waals surface area contributed by atoms with Gasteiger partial charge >= 0.3 is 0 Å². The number of aromatic nitrogens is 1. The van der Waals surface area contributed by atoms with Crippen LogP contribution in [0.4, 0.5) is 5.69 Å². The molecule has 0 radical (unpaired) electrons. The molecule has 3 N–H and O–H groups in total. The van der Waals surface area contributed by atoms with Gasteiger partial charge in [-0.3, -0.25) is 0 Å². The minimum Gasteiger partial charge on any atom is -0.383 e. The molecule has 2 aromatic rings. The molecule has 1 aliphatic rings. The molecule has 4 nitrogen and oxygen atoms in total. The van der Waals surface area contributed by atoms with Crippen molar-refractivity contribution in [2.24, 2.45) is 0 Å². The van der Waals surface area contributed by atoms with E-state index in [2.05, 4.69) is 46.8 Å². The van der Waals surface area contributed by atoms with E-state index in [0.29, 0.717) is 6.10 Å². The van der Waals surface area contributed by atoms with E-state index >= 15 is 0 Å². The second-order valence-electron chi connectivity index (χ2n) is 5.08. The molecule has 102 valence electrons. The summed E-state index contributed by atoms with van der Waals surface area (Å²) in [6.45, 7) is 5.83. The van der Waals surface area contributed by atoms with Crippen LogP contribution in [0.2, 0.25) is 0 Å². The Morgan fingerprint density at radius 3 is 3.11 bits per heavy atom. The van der Waals surface area contributed by atoms with Gasteiger partial charge in [0.2, 0.25) is 0 Å². The molecule has 19 heavy (non-hydrogen) atoms. The van der Waals surface area contributed by atoms with Gasteiger partial charge < -0.3 is 20.4 Å². The summed E-state index contributed by atoms with van der Waals surface area (Å²) in [4.78, 5) is 3.41. The Morgan fingerprint density at radius 2 is 2.26 bits per heavy atom. The molecule has 0 saturated carbocycles. The highest BCUT2D eigenvalue weighted by atomic mass is 16.5. The number of H-pyrrole nitrogens is 1. The topological polar surface area (TPSA) is 49.1 Å². The third kappa shape index (κ3) is 2.74. The van der Waals surface area contributed by atoms with Crippen molar-refractivity contribution in [3.63, 3.8) is 0 Å². The van der Waals surface area contributed by atoms with E-state index in [4.69, 9.17) is 4.74 Å². The first-order valence-corrected chi connectivity index (χ1v) is 6.98. The maximum absolute atomic E-state index is 5.70. The molecule has 4 heteroatoms. The lowest BCUT2D eigenvalue weighted by atomic mass is 10.2. The van der Waals surface area contributed by atoms with Crippen LogP contribution in [0.5, 0.6) is 0 Å². The molecule has 1 fully saturated rings. The quantitative estimate of drug-likeness (QED) is 0.789. The normalized spacial score (nSPS) is 19.7. The maximum Gasteiger partial charge on any atom is 0.0716 e. The lowest BCUT2D eigenvalue weighted by Gasteiger charge is -2.23. The Hall–Kier alpha value is -1.52. The second kappa shape index (κ2) is 5.63. The van der Waals surface area contributed by atoms with Crippen molar-refractivity contribution in [2.75, 3.05) is 31.6 Å². The van der Waals surface area contributed by atoms with Gasteiger partial charge in [-0.25, -0.2) is 0 Å². The summed E-state index contributed by atoms with van der Waals surface area (Å²) in [5.41, 5.74) is 3.61. The predicted molar refractivity (Wildman–Crippen MR) is 78.8 cm³/mol. The van der Waals surface area contributed by atoms with Gasteiger partial charge in [0.1, 0.15) is 0 Å². The lowest BCUT2D eigenvalue weighted by Crippen LogP contribution is -2.39. The van der Waals surface area contributed by atoms with Crippen LogP contribution in [0.3, 0.4) is 0 Å². The molecule has 0 aliphatic carbocycles. The SMILES string of the molecule is Cc1[nH]c2ccccc2c1NCCC1CNCCO1. The summed E-state index contributed by atoms with van der Waals surface area (Å²) < 4.78 is 5.70. The van der Waals surface area contributed by atoms with E-state index in [-0.39, 0.29) is 0 Å². The summed E-state index contributed by atoms with van der Waals surface area (Å²) in [6.07, 6.45) is 1.37. The number of rotatable bonds is 4. The van der Waals surface area contributed by atoms with Gasteiger partial charge in [0, 0.05) is 36.2 Å². The number of anilines is 1. The van der Waals surface area contributed by atoms with Gasteiger partial charge in [0.25, 0.3) is 0 Å². The number of aromatic amines is 1. The molecule has 1 aromatic heterocycles. The largest absolute Gasteiger partial charge is 0.383 e. The summed E-state index contributed by atoms with van der Waals surface area (Å²) >= 11 is 0. The minimum absolute atomic E-state index is 0.340. The average molecular weight is 259 g/mol. The summed E-state index contributed by atoms with van der Waals surface area (Å²) in [5.74, 6) is 0. The number of para-hydroxylation sites is 1. The highest BCUT2D eigenvalue weighted by Crippen LogP contribution is 2.26. The molecule has 0 bridgehead atoms. The fourth-order valence-corrected chi connectivity index (χ4v) is 2.67. The van der Waals surface area contributed by atoms with Crippen LogP contribution < -0.4 is 10.6 Å². The van der Waals surface area contributed by atoms with Crippen molar-refractivity contribution in [1.29, 1.82) is 0 Å². The number of morpholine rings is 1. The molecule has 0 spiro atoms. The maximum atomic E-state index is 5.70. The van der Waals surface area contributed by atoms with Crippen molar-refractivity contribution < 1.29 is 4.74 Å². The minimum atomic E-state index is 0.340. The monoisotopic (exact) mass is 259 g/mol. The molecule has 1 aromatic carbocycles. The van der Waals surface area contributed by atoms with E-state index in [1.54, 1.807) is 0 Å². The lowest BCUT2D eigenvalue weighted by molar-refractivity contribution is 0.0258. The van der Waals surface area contributed by atoms with Gasteiger partial charge in [-0.1, -0.05) is 18.2 Å². The molecule has 1 unspecified atom stereocenters. The number of hydrogen-bond donors (Lipinski definition) is 3. The van der Waals surface area contributed by atoms with Crippen LogP contribution in [0.15, 0.2) is 24.3 Å². The zero-order valence-corrected chi connectivity index (χ0v) is 11.3. The van der Waals surface area contributed by atoms with Crippen LogP contribution >= 0.6 is 0 Å². The predicted octanol–water partition coefficient (Wildman–Crippen LogP) is 2.27. The van der Waals surface area contributed by atoms with E-state index in [1.165, 1.54) is 22.3 Å². The van der Waals surface area contributed by atoms with Gasteiger partial charge in [0.05, 0.1) is 18.4 Å². The third-order valence-corrected chi connectivity index (χ3v) is 3.67. The summed E-state index contributed by atoms with van der Waals surface area (Å²) in [6, 6.07) is 8.40. The molecule has 1 atom stereocenters. The van der Waals surface area contributed by atoms with E-state index in [1.807, 2.05) is 0 Å². The molecule has 1 saturated heterocycles. The van der Waals surface area contributed by atoms with Gasteiger partial charge in [0.15, 0.2) is 0 Å². The van der Waals surface area contributed by atoms with Crippen LogP contribution in [-0.4, -0.2) is 37.3 Å². The highest BCUT2D eigenvalue weighted by Gasteiger charge is 2.13. The number of fused-ring (bicyclic) bond motifs is 1. The fraction of sp³-hybridized carbons (Fsp3) is 0.467. The van der Waals surface area contributed by atoms with Crippen molar-refractivity contribution >= 4 is 16.6 Å². The molecule has 1 aliphatic heterocycles. The number of ether oxygens (including phenoxy) is 1. The van der Waals surface area contributed by atoms with Gasteiger partial charge in [-0.05, 0) is 19.4 Å². The zero-order valence-electron chi connectivity index (χ0n) is 11.3. The molecular weight excluding hydrogens is 238 g/mol. The molecule has 0 amide bonds. The number of hydrogen-bond acceptors (Lipinski definition) is 3. The molecule has 2 heterocycles. The third-order valence-electron chi connectivity index (χ3n) is 3.67. The Kier molecular flexibility index (Phi) is 3.71. The first-order valence-electron chi connectivity index (χ1n) is 6.98. The molecule has 3 rings (SSSR count). The van der Waals surface area contributed by atoms with Gasteiger partial charge in [-0.15, -0.1) is 0 Å². The second-order valence-corrected chi connectivity index (χ2v) is 5.08. The van der Waals surface area contributed by atoms with Gasteiger partial charge in [-0.2, -0.15) is 0 Å². The standard InChI is InChI=1S/C15H21N3O/c1-11-15(13-4-2-3-5-14(13)18-11)17-7-6-12-10-16-8-9-19-12/h2-5,12,16-18H,6-10H2,1H3. The number of aryl methyl sites for hydroxylation is 1. The van der Waals surface area contributed by atoms with Crippen LogP contribution in [-0.2, 0) is 4.74 Å². The van der Waals surface area contributed by atoms with E-state index in [0.717, 1.165) is 32.7 Å².